The molecule has 0 saturated heterocycles. The maximum Gasteiger partial charge on any atom is 0.183 e. The number of hydrogen-bond acceptors (Lipinski definition) is 4. The number of carbonyl (C=O) groups excluding carboxylic acids is 1. The summed E-state index contributed by atoms with van der Waals surface area (Å²) in [5.74, 6) is -0.175. The minimum atomic E-state index is -0.415. The average molecular weight is 402 g/mol. The van der Waals surface area contributed by atoms with Crippen molar-refractivity contribution in [2.45, 2.75) is 32.1 Å². The highest BCUT2D eigenvalue weighted by molar-refractivity contribution is 6.07. The quantitative estimate of drug-likeness (QED) is 0.501. The van der Waals surface area contributed by atoms with Gasteiger partial charge < -0.3 is 14.8 Å². The molecule has 4 heteroatoms. The Labute approximate surface area is 177 Å². The third-order valence-electron chi connectivity index (χ3n) is 5.46. The van der Waals surface area contributed by atoms with Crippen LogP contribution in [-0.2, 0) is 9.47 Å². The molecule has 4 rings (SSSR count). The lowest BCUT2D eigenvalue weighted by Gasteiger charge is -2.34. The molecule has 154 valence electrons. The molecule has 0 spiro atoms. The van der Waals surface area contributed by atoms with E-state index in [2.05, 4.69) is 17.4 Å². The van der Waals surface area contributed by atoms with E-state index in [1.165, 1.54) is 0 Å². The molecule has 1 aliphatic heterocycles. The van der Waals surface area contributed by atoms with Crippen LogP contribution in [0.25, 0.3) is 0 Å². The molecule has 1 heterocycles. The summed E-state index contributed by atoms with van der Waals surface area (Å²) >= 11 is 0. The molecular weight excluding hydrogens is 374 g/mol. The van der Waals surface area contributed by atoms with Crippen molar-refractivity contribution < 1.29 is 14.3 Å². The van der Waals surface area contributed by atoms with Crippen LogP contribution in [0, 0.1) is 0 Å². The van der Waals surface area contributed by atoms with Gasteiger partial charge in [0.2, 0.25) is 0 Å². The molecule has 0 radical (unpaired) electrons. The zero-order valence-corrected chi connectivity index (χ0v) is 17.4. The summed E-state index contributed by atoms with van der Waals surface area (Å²) in [7, 11) is 0. The van der Waals surface area contributed by atoms with E-state index < -0.39 is 6.29 Å². The summed E-state index contributed by atoms with van der Waals surface area (Å²) in [4.78, 5) is 13.5. The number of Topliss-reactive ketones (excluding diaryl/α,β-unsaturated/α-hetero) is 1. The van der Waals surface area contributed by atoms with Crippen molar-refractivity contribution >= 4 is 11.5 Å². The highest BCUT2D eigenvalue weighted by Crippen LogP contribution is 2.42. The third kappa shape index (κ3) is 4.02. The SMILES string of the molecule is CCOC(OCC)c1cccc(C2Nc3ccccc3C(=O)C2c2ccccc2)c1. The van der Waals surface area contributed by atoms with Crippen molar-refractivity contribution in [1.29, 1.82) is 0 Å². The van der Waals surface area contributed by atoms with E-state index in [0.717, 1.165) is 27.9 Å². The lowest BCUT2D eigenvalue weighted by Crippen LogP contribution is -2.31. The van der Waals surface area contributed by atoms with Crippen LogP contribution in [0.3, 0.4) is 0 Å². The van der Waals surface area contributed by atoms with Crippen molar-refractivity contribution in [2.75, 3.05) is 18.5 Å². The van der Waals surface area contributed by atoms with Gasteiger partial charge in [-0.25, -0.2) is 0 Å². The summed E-state index contributed by atoms with van der Waals surface area (Å²) in [6.45, 7) is 5.04. The first-order valence-corrected chi connectivity index (χ1v) is 10.5. The van der Waals surface area contributed by atoms with Gasteiger partial charge in [-0.05, 0) is 43.2 Å². The summed E-state index contributed by atoms with van der Waals surface area (Å²) in [6, 6.07) is 25.7. The van der Waals surface area contributed by atoms with Gasteiger partial charge in [-0.2, -0.15) is 0 Å². The van der Waals surface area contributed by atoms with Crippen molar-refractivity contribution in [3.05, 3.63) is 101 Å². The summed E-state index contributed by atoms with van der Waals surface area (Å²) in [5, 5.41) is 3.62. The molecule has 4 nitrogen and oxygen atoms in total. The molecular formula is C26H27NO3. The van der Waals surface area contributed by atoms with Crippen molar-refractivity contribution in [3.8, 4) is 0 Å². The van der Waals surface area contributed by atoms with Gasteiger partial charge in [-0.3, -0.25) is 4.79 Å². The molecule has 30 heavy (non-hydrogen) atoms. The molecule has 0 saturated carbocycles. The molecule has 0 aliphatic carbocycles. The highest BCUT2D eigenvalue weighted by Gasteiger charge is 2.37. The largest absolute Gasteiger partial charge is 0.377 e. The fourth-order valence-electron chi connectivity index (χ4n) is 4.12. The Morgan fingerprint density at radius 2 is 1.50 bits per heavy atom. The summed E-state index contributed by atoms with van der Waals surface area (Å²) in [5.41, 5.74) is 4.60. The highest BCUT2D eigenvalue weighted by atomic mass is 16.7. The number of benzene rings is 3. The van der Waals surface area contributed by atoms with Crippen LogP contribution in [0.4, 0.5) is 5.69 Å². The molecule has 1 N–H and O–H groups in total. The molecule has 1 aliphatic rings. The minimum absolute atomic E-state index is 0.136. The fraction of sp³-hybridized carbons (Fsp3) is 0.269. The number of carbonyl (C=O) groups is 1. The number of para-hydroxylation sites is 1. The Balaban J connectivity index is 1.78. The maximum absolute atomic E-state index is 13.5. The van der Waals surface area contributed by atoms with E-state index in [1.54, 1.807) is 0 Å². The standard InChI is InChI=1S/C26H27NO3/c1-3-29-26(30-4-2)20-14-10-13-19(17-20)24-23(18-11-6-5-7-12-18)25(28)21-15-8-9-16-22(21)27-24/h5-17,23-24,26-27H,3-4H2,1-2H3. The van der Waals surface area contributed by atoms with E-state index in [1.807, 2.05) is 80.6 Å². The molecule has 2 atom stereocenters. The second-order valence-electron chi connectivity index (χ2n) is 7.33. The molecule has 3 aromatic carbocycles. The normalized spacial score (nSPS) is 18.2. The molecule has 0 amide bonds. The van der Waals surface area contributed by atoms with Crippen LogP contribution in [0.1, 0.15) is 59.1 Å². The number of rotatable bonds is 7. The van der Waals surface area contributed by atoms with Crippen LogP contribution >= 0.6 is 0 Å². The van der Waals surface area contributed by atoms with Crippen LogP contribution in [0.2, 0.25) is 0 Å². The molecule has 0 bridgehead atoms. The van der Waals surface area contributed by atoms with Crippen LogP contribution < -0.4 is 5.32 Å². The van der Waals surface area contributed by atoms with E-state index in [-0.39, 0.29) is 17.7 Å². The third-order valence-corrected chi connectivity index (χ3v) is 5.46. The van der Waals surface area contributed by atoms with E-state index in [4.69, 9.17) is 9.47 Å². The van der Waals surface area contributed by atoms with Gasteiger partial charge in [0.15, 0.2) is 12.1 Å². The molecule has 0 fully saturated rings. The zero-order chi connectivity index (χ0) is 20.9. The van der Waals surface area contributed by atoms with Gasteiger partial charge in [0.05, 0.1) is 12.0 Å². The molecule has 2 unspecified atom stereocenters. The second-order valence-corrected chi connectivity index (χ2v) is 7.33. The summed E-state index contributed by atoms with van der Waals surface area (Å²) < 4.78 is 11.6. The van der Waals surface area contributed by atoms with Gasteiger partial charge in [-0.1, -0.05) is 60.7 Å². The number of anilines is 1. The van der Waals surface area contributed by atoms with Crippen LogP contribution in [0.5, 0.6) is 0 Å². The van der Waals surface area contributed by atoms with Crippen molar-refractivity contribution in [1.82, 2.24) is 0 Å². The van der Waals surface area contributed by atoms with Crippen LogP contribution in [0.15, 0.2) is 78.9 Å². The van der Waals surface area contributed by atoms with Crippen molar-refractivity contribution in [3.63, 3.8) is 0 Å². The maximum atomic E-state index is 13.5. The Morgan fingerprint density at radius 1 is 0.833 bits per heavy atom. The number of ketones is 1. The Kier molecular flexibility index (Phi) is 6.26. The molecule has 0 aromatic heterocycles. The number of nitrogens with one attached hydrogen (secondary N) is 1. The first-order valence-electron chi connectivity index (χ1n) is 10.5. The lowest BCUT2D eigenvalue weighted by molar-refractivity contribution is -0.140. The first-order chi connectivity index (χ1) is 14.7. The predicted octanol–water partition coefficient (Wildman–Crippen LogP) is 5.89. The van der Waals surface area contributed by atoms with E-state index in [9.17, 15) is 4.79 Å². The fourth-order valence-corrected chi connectivity index (χ4v) is 4.12. The predicted molar refractivity (Wildman–Crippen MR) is 119 cm³/mol. The van der Waals surface area contributed by atoms with Gasteiger partial charge in [-0.15, -0.1) is 0 Å². The second kappa shape index (κ2) is 9.24. The van der Waals surface area contributed by atoms with E-state index in [0.29, 0.717) is 13.2 Å². The zero-order valence-electron chi connectivity index (χ0n) is 17.4. The molecule has 3 aromatic rings. The Morgan fingerprint density at radius 3 is 2.23 bits per heavy atom. The topological polar surface area (TPSA) is 47.6 Å². The van der Waals surface area contributed by atoms with Crippen LogP contribution in [-0.4, -0.2) is 19.0 Å². The van der Waals surface area contributed by atoms with Gasteiger partial charge >= 0.3 is 0 Å². The van der Waals surface area contributed by atoms with Crippen molar-refractivity contribution in [2.24, 2.45) is 0 Å². The smallest absolute Gasteiger partial charge is 0.183 e. The number of fused-ring (bicyclic) bond motifs is 1. The summed E-state index contributed by atoms with van der Waals surface area (Å²) in [6.07, 6.45) is -0.415. The minimum Gasteiger partial charge on any atom is -0.377 e. The van der Waals surface area contributed by atoms with Gasteiger partial charge in [0.1, 0.15) is 0 Å². The van der Waals surface area contributed by atoms with E-state index >= 15 is 0 Å². The van der Waals surface area contributed by atoms with Gasteiger partial charge in [0, 0.05) is 30.0 Å². The Bertz CT molecular complexity index is 996. The first kappa shape index (κ1) is 20.3. The number of hydrogen-bond donors (Lipinski definition) is 1. The Hall–Kier alpha value is -2.95. The number of ether oxygens (including phenoxy) is 2. The lowest BCUT2D eigenvalue weighted by atomic mass is 9.78. The monoisotopic (exact) mass is 401 g/mol. The average Bonchev–Trinajstić information content (AvgIpc) is 2.79. The van der Waals surface area contributed by atoms with Gasteiger partial charge in [0.25, 0.3) is 0 Å².